The van der Waals surface area contributed by atoms with Crippen LogP contribution in [-0.2, 0) is 11.2 Å². The van der Waals surface area contributed by atoms with Crippen molar-refractivity contribution in [3.05, 3.63) is 35.4 Å². The van der Waals surface area contributed by atoms with E-state index >= 15 is 0 Å². The van der Waals surface area contributed by atoms with Crippen molar-refractivity contribution in [1.29, 1.82) is 0 Å². The van der Waals surface area contributed by atoms with E-state index in [9.17, 15) is 9.59 Å². The Morgan fingerprint density at radius 1 is 1.09 bits per heavy atom. The molecule has 1 aliphatic rings. The summed E-state index contributed by atoms with van der Waals surface area (Å²) in [7, 11) is 5.28. The summed E-state index contributed by atoms with van der Waals surface area (Å²) in [6, 6.07) is 8.20. The quantitative estimate of drug-likeness (QED) is 0.275. The fraction of sp³-hybridized carbons (Fsp3) is 0.625. The van der Waals surface area contributed by atoms with Crippen molar-refractivity contribution >= 4 is 41.9 Å². The first-order valence-corrected chi connectivity index (χ1v) is 11.3. The molecule has 1 saturated carbocycles. The fourth-order valence-corrected chi connectivity index (χ4v) is 3.69. The topological polar surface area (TPSA) is 95.1 Å². The molecular formula is C24H40IN5O3. The van der Waals surface area contributed by atoms with Crippen LogP contribution in [0, 0.1) is 0 Å². The maximum atomic E-state index is 12.1. The number of hydrogen-bond donors (Lipinski definition) is 3. The van der Waals surface area contributed by atoms with Crippen LogP contribution >= 0.6 is 24.0 Å². The molecule has 3 N–H and O–H groups in total. The summed E-state index contributed by atoms with van der Waals surface area (Å²) in [4.78, 5) is 30.0. The second-order valence-electron chi connectivity index (χ2n) is 9.49. The number of benzene rings is 1. The predicted octanol–water partition coefficient (Wildman–Crippen LogP) is 3.55. The van der Waals surface area contributed by atoms with Crippen molar-refractivity contribution in [3.8, 4) is 0 Å². The molecule has 0 bridgehead atoms. The molecular weight excluding hydrogens is 533 g/mol. The van der Waals surface area contributed by atoms with Gasteiger partial charge in [-0.05, 0) is 70.6 Å². The molecule has 2 amide bonds. The van der Waals surface area contributed by atoms with Crippen LogP contribution in [0.1, 0.15) is 62.4 Å². The summed E-state index contributed by atoms with van der Waals surface area (Å²) in [5.41, 5.74) is 1.32. The number of carbonyl (C=O) groups is 2. The summed E-state index contributed by atoms with van der Waals surface area (Å²) < 4.78 is 5.35. The Kier molecular flexibility index (Phi) is 12.0. The highest BCUT2D eigenvalue weighted by Gasteiger charge is 2.25. The Balaban J connectivity index is 0.00000544. The third-order valence-electron chi connectivity index (χ3n) is 5.30. The van der Waals surface area contributed by atoms with Gasteiger partial charge in [0.2, 0.25) is 0 Å². The van der Waals surface area contributed by atoms with Gasteiger partial charge in [-0.1, -0.05) is 12.1 Å². The number of amides is 2. The van der Waals surface area contributed by atoms with Gasteiger partial charge in [-0.2, -0.15) is 0 Å². The zero-order valence-electron chi connectivity index (χ0n) is 20.7. The second-order valence-corrected chi connectivity index (χ2v) is 9.49. The van der Waals surface area contributed by atoms with Crippen LogP contribution in [0.3, 0.4) is 0 Å². The van der Waals surface area contributed by atoms with E-state index in [4.69, 9.17) is 4.74 Å². The highest BCUT2D eigenvalue weighted by atomic mass is 127. The van der Waals surface area contributed by atoms with E-state index in [0.29, 0.717) is 11.6 Å². The Bertz CT molecular complexity index is 800. The number of ether oxygens (including phenoxy) is 1. The van der Waals surface area contributed by atoms with Gasteiger partial charge in [0.1, 0.15) is 5.60 Å². The van der Waals surface area contributed by atoms with Gasteiger partial charge in [0.25, 0.3) is 5.91 Å². The van der Waals surface area contributed by atoms with E-state index in [1.807, 2.05) is 45.0 Å². The highest BCUT2D eigenvalue weighted by Crippen LogP contribution is 2.19. The monoisotopic (exact) mass is 573 g/mol. The lowest BCUT2D eigenvalue weighted by Crippen LogP contribution is -2.48. The number of hydrogen-bond acceptors (Lipinski definition) is 4. The van der Waals surface area contributed by atoms with Crippen molar-refractivity contribution in [3.63, 3.8) is 0 Å². The molecule has 0 saturated heterocycles. The van der Waals surface area contributed by atoms with Crippen molar-refractivity contribution in [2.45, 2.75) is 70.6 Å². The minimum atomic E-state index is -0.482. The smallest absolute Gasteiger partial charge is 0.407 e. The zero-order valence-corrected chi connectivity index (χ0v) is 23.1. The van der Waals surface area contributed by atoms with Gasteiger partial charge in [-0.15, -0.1) is 24.0 Å². The van der Waals surface area contributed by atoms with E-state index in [0.717, 1.165) is 50.2 Å². The molecule has 0 atom stereocenters. The van der Waals surface area contributed by atoms with Gasteiger partial charge in [-0.25, -0.2) is 4.79 Å². The molecule has 0 unspecified atom stereocenters. The lowest BCUT2D eigenvalue weighted by molar-refractivity contribution is 0.0490. The minimum Gasteiger partial charge on any atom is -0.444 e. The number of rotatable bonds is 6. The second kappa shape index (κ2) is 13.6. The van der Waals surface area contributed by atoms with Crippen molar-refractivity contribution in [1.82, 2.24) is 20.9 Å². The molecule has 1 aromatic rings. The average molecular weight is 574 g/mol. The molecule has 0 aliphatic heterocycles. The number of guanidine groups is 1. The molecule has 186 valence electrons. The number of halogens is 1. The fourth-order valence-electron chi connectivity index (χ4n) is 3.69. The van der Waals surface area contributed by atoms with Gasteiger partial charge in [0, 0.05) is 45.3 Å². The highest BCUT2D eigenvalue weighted by molar-refractivity contribution is 14.0. The van der Waals surface area contributed by atoms with Crippen LogP contribution in [0.2, 0.25) is 0 Å². The molecule has 0 aromatic heterocycles. The minimum absolute atomic E-state index is 0. The predicted molar refractivity (Wildman–Crippen MR) is 143 cm³/mol. The molecule has 1 aliphatic carbocycles. The molecule has 0 spiro atoms. The maximum Gasteiger partial charge on any atom is 0.407 e. The van der Waals surface area contributed by atoms with Gasteiger partial charge in [-0.3, -0.25) is 9.79 Å². The normalized spacial score (nSPS) is 18.5. The summed E-state index contributed by atoms with van der Waals surface area (Å²) in [6.45, 7) is 6.32. The van der Waals surface area contributed by atoms with Gasteiger partial charge < -0.3 is 25.6 Å². The first-order chi connectivity index (χ1) is 15.1. The van der Waals surface area contributed by atoms with E-state index in [1.165, 1.54) is 0 Å². The van der Waals surface area contributed by atoms with Crippen LogP contribution < -0.4 is 16.0 Å². The Hall–Kier alpha value is -2.04. The molecule has 1 aromatic carbocycles. The summed E-state index contributed by atoms with van der Waals surface area (Å²) >= 11 is 0. The number of nitrogens with one attached hydrogen (secondary N) is 3. The van der Waals surface area contributed by atoms with Gasteiger partial charge >= 0.3 is 6.09 Å². The standard InChI is InChI=1S/C24H39N5O3.HI/c1-24(2,3)32-23(31)28-20-12-10-19(11-13-20)27-22(25-4)26-15-14-17-8-7-9-18(16-17)21(30)29(5)6;/h7-9,16,19-20H,10-15H2,1-6H3,(H,28,31)(H2,25,26,27);1H. The van der Waals surface area contributed by atoms with Crippen molar-refractivity contribution in [2.24, 2.45) is 4.99 Å². The maximum absolute atomic E-state index is 12.1. The number of nitrogens with zero attached hydrogens (tertiary/aromatic N) is 2. The summed E-state index contributed by atoms with van der Waals surface area (Å²) in [5.74, 6) is 0.781. The van der Waals surface area contributed by atoms with E-state index in [-0.39, 0.29) is 42.0 Å². The van der Waals surface area contributed by atoms with Crippen LogP contribution in [0.25, 0.3) is 0 Å². The van der Waals surface area contributed by atoms with E-state index in [1.54, 1.807) is 26.0 Å². The number of carbonyl (C=O) groups excluding carboxylic acids is 2. The lowest BCUT2D eigenvalue weighted by atomic mass is 9.91. The van der Waals surface area contributed by atoms with Crippen LogP contribution in [0.4, 0.5) is 4.79 Å². The average Bonchev–Trinajstić information content (AvgIpc) is 2.72. The zero-order chi connectivity index (χ0) is 23.7. The molecule has 8 nitrogen and oxygen atoms in total. The van der Waals surface area contributed by atoms with E-state index < -0.39 is 5.60 Å². The summed E-state index contributed by atoms with van der Waals surface area (Å²) in [6.07, 6.45) is 4.16. The summed E-state index contributed by atoms with van der Waals surface area (Å²) in [5, 5.41) is 9.82. The first kappa shape index (κ1) is 29.0. The van der Waals surface area contributed by atoms with Crippen molar-refractivity contribution < 1.29 is 14.3 Å². The Morgan fingerprint density at radius 2 is 1.70 bits per heavy atom. The molecule has 33 heavy (non-hydrogen) atoms. The molecule has 0 radical (unpaired) electrons. The largest absolute Gasteiger partial charge is 0.444 e. The SMILES string of the molecule is CN=C(NCCc1cccc(C(=O)N(C)C)c1)NC1CCC(NC(=O)OC(C)(C)C)CC1.I. The van der Waals surface area contributed by atoms with E-state index in [2.05, 4.69) is 20.9 Å². The first-order valence-electron chi connectivity index (χ1n) is 11.3. The molecule has 1 fully saturated rings. The van der Waals surface area contributed by atoms with Gasteiger partial charge in [0.15, 0.2) is 5.96 Å². The third-order valence-corrected chi connectivity index (χ3v) is 5.30. The number of aliphatic imine (C=N–C) groups is 1. The van der Waals surface area contributed by atoms with Crippen molar-refractivity contribution in [2.75, 3.05) is 27.7 Å². The van der Waals surface area contributed by atoms with Crippen LogP contribution in [0.15, 0.2) is 29.3 Å². The third kappa shape index (κ3) is 10.6. The molecule has 2 rings (SSSR count). The molecule has 0 heterocycles. The van der Waals surface area contributed by atoms with Gasteiger partial charge in [0.05, 0.1) is 0 Å². The lowest BCUT2D eigenvalue weighted by Gasteiger charge is -2.31. The van der Waals surface area contributed by atoms with Crippen LogP contribution in [0.5, 0.6) is 0 Å². The van der Waals surface area contributed by atoms with Crippen LogP contribution in [-0.4, -0.2) is 68.2 Å². The number of alkyl carbamates (subject to hydrolysis) is 1. The Labute approximate surface area is 215 Å². The Morgan fingerprint density at radius 3 is 2.24 bits per heavy atom. The molecule has 9 heteroatoms.